The third kappa shape index (κ3) is 3.68. The Labute approximate surface area is 169 Å². The number of benzene rings is 2. The standard InChI is InChI=1S/C22H22ClN3O2/c1-15-3-6-19(14-21(15)23)26-22(27)20(16(2)24-26)13-17-4-7-18(8-5-17)25-9-11-28-12-10-25/h3-8,13-14H,9-12H2,1-2H3/b20-13-. The first-order chi connectivity index (χ1) is 13.5. The van der Waals surface area contributed by atoms with E-state index >= 15 is 0 Å². The minimum Gasteiger partial charge on any atom is -0.378 e. The zero-order valence-electron chi connectivity index (χ0n) is 16.0. The fourth-order valence-corrected chi connectivity index (χ4v) is 3.52. The SMILES string of the molecule is CC1=NN(c2ccc(C)c(Cl)c2)C(=O)/C1=C\c1ccc(N2CCOCC2)cc1. The van der Waals surface area contributed by atoms with E-state index in [9.17, 15) is 4.79 Å². The molecule has 28 heavy (non-hydrogen) atoms. The summed E-state index contributed by atoms with van der Waals surface area (Å²) < 4.78 is 5.40. The number of rotatable bonds is 3. The molecule has 0 unspecified atom stereocenters. The van der Waals surface area contributed by atoms with Crippen LogP contribution in [-0.4, -0.2) is 37.9 Å². The molecular weight excluding hydrogens is 374 g/mol. The van der Waals surface area contributed by atoms with E-state index in [1.54, 1.807) is 6.07 Å². The van der Waals surface area contributed by atoms with Crippen LogP contribution in [0.25, 0.3) is 6.08 Å². The second kappa shape index (κ2) is 7.78. The molecule has 0 radical (unpaired) electrons. The molecule has 1 saturated heterocycles. The molecule has 2 aromatic carbocycles. The van der Waals surface area contributed by atoms with Crippen LogP contribution in [0.4, 0.5) is 11.4 Å². The predicted octanol–water partition coefficient (Wildman–Crippen LogP) is 4.29. The average molecular weight is 396 g/mol. The Bertz CT molecular complexity index is 960. The second-order valence-corrected chi connectivity index (χ2v) is 7.39. The second-order valence-electron chi connectivity index (χ2n) is 6.98. The van der Waals surface area contributed by atoms with Crippen molar-refractivity contribution in [1.29, 1.82) is 0 Å². The van der Waals surface area contributed by atoms with Crippen LogP contribution >= 0.6 is 11.6 Å². The molecule has 6 heteroatoms. The Balaban J connectivity index is 1.55. The van der Waals surface area contributed by atoms with Gasteiger partial charge in [0.1, 0.15) is 0 Å². The van der Waals surface area contributed by atoms with Gasteiger partial charge in [0.05, 0.1) is 30.2 Å². The maximum Gasteiger partial charge on any atom is 0.280 e. The molecule has 144 valence electrons. The zero-order valence-corrected chi connectivity index (χ0v) is 16.7. The molecular formula is C22H22ClN3O2. The Hall–Kier alpha value is -2.63. The lowest BCUT2D eigenvalue weighted by Gasteiger charge is -2.28. The average Bonchev–Trinajstić information content (AvgIpc) is 2.99. The van der Waals surface area contributed by atoms with E-state index in [4.69, 9.17) is 16.3 Å². The highest BCUT2D eigenvalue weighted by Gasteiger charge is 2.29. The highest BCUT2D eigenvalue weighted by Crippen LogP contribution is 2.29. The highest BCUT2D eigenvalue weighted by atomic mass is 35.5. The Kier molecular flexibility index (Phi) is 5.20. The molecule has 5 nitrogen and oxygen atoms in total. The van der Waals surface area contributed by atoms with Gasteiger partial charge in [0.25, 0.3) is 5.91 Å². The van der Waals surface area contributed by atoms with E-state index in [1.807, 2.05) is 44.2 Å². The summed E-state index contributed by atoms with van der Waals surface area (Å²) in [5.41, 5.74) is 5.07. The minimum atomic E-state index is -0.144. The summed E-state index contributed by atoms with van der Waals surface area (Å²) >= 11 is 6.21. The number of hydrogen-bond acceptors (Lipinski definition) is 4. The lowest BCUT2D eigenvalue weighted by Crippen LogP contribution is -2.36. The number of carbonyl (C=O) groups excluding carboxylic acids is 1. The maximum atomic E-state index is 12.9. The summed E-state index contributed by atoms with van der Waals surface area (Å²) in [6, 6.07) is 13.7. The van der Waals surface area contributed by atoms with Crippen molar-refractivity contribution in [3.05, 3.63) is 64.2 Å². The summed E-state index contributed by atoms with van der Waals surface area (Å²) in [4.78, 5) is 15.2. The van der Waals surface area contributed by atoms with Crippen LogP contribution in [0.1, 0.15) is 18.1 Å². The molecule has 2 aliphatic heterocycles. The monoisotopic (exact) mass is 395 g/mol. The number of nitrogens with zero attached hydrogens (tertiary/aromatic N) is 3. The van der Waals surface area contributed by atoms with Gasteiger partial charge in [0.15, 0.2) is 0 Å². The van der Waals surface area contributed by atoms with Gasteiger partial charge in [-0.1, -0.05) is 29.8 Å². The number of carbonyl (C=O) groups is 1. The smallest absolute Gasteiger partial charge is 0.280 e. The van der Waals surface area contributed by atoms with E-state index in [2.05, 4.69) is 22.1 Å². The van der Waals surface area contributed by atoms with Crippen LogP contribution in [-0.2, 0) is 9.53 Å². The highest BCUT2D eigenvalue weighted by molar-refractivity contribution is 6.33. The molecule has 4 rings (SSSR count). The van der Waals surface area contributed by atoms with Crippen LogP contribution in [0.2, 0.25) is 5.02 Å². The number of amides is 1. The van der Waals surface area contributed by atoms with Crippen molar-refractivity contribution in [1.82, 2.24) is 0 Å². The molecule has 0 aromatic heterocycles. The summed E-state index contributed by atoms with van der Waals surface area (Å²) in [7, 11) is 0. The van der Waals surface area contributed by atoms with Crippen LogP contribution in [0, 0.1) is 6.92 Å². The van der Waals surface area contributed by atoms with Crippen molar-refractivity contribution in [2.75, 3.05) is 36.2 Å². The normalized spacial score (nSPS) is 18.8. The van der Waals surface area contributed by atoms with E-state index in [1.165, 1.54) is 10.7 Å². The first kappa shape index (κ1) is 18.7. The quantitative estimate of drug-likeness (QED) is 0.728. The van der Waals surface area contributed by atoms with Gasteiger partial charge in [-0.05, 0) is 55.3 Å². The first-order valence-corrected chi connectivity index (χ1v) is 9.71. The van der Waals surface area contributed by atoms with Crippen molar-refractivity contribution < 1.29 is 9.53 Å². The van der Waals surface area contributed by atoms with Crippen LogP contribution < -0.4 is 9.91 Å². The van der Waals surface area contributed by atoms with Crippen molar-refractivity contribution in [3.8, 4) is 0 Å². The molecule has 0 spiro atoms. The van der Waals surface area contributed by atoms with Gasteiger partial charge in [-0.2, -0.15) is 10.1 Å². The van der Waals surface area contributed by atoms with Gasteiger partial charge in [-0.25, -0.2) is 0 Å². The van der Waals surface area contributed by atoms with Crippen molar-refractivity contribution in [2.24, 2.45) is 5.10 Å². The molecule has 0 saturated carbocycles. The molecule has 1 fully saturated rings. The predicted molar refractivity (Wildman–Crippen MR) is 114 cm³/mol. The van der Waals surface area contributed by atoms with Crippen LogP contribution in [0.15, 0.2) is 53.1 Å². The largest absolute Gasteiger partial charge is 0.378 e. The van der Waals surface area contributed by atoms with E-state index in [0.717, 1.165) is 37.4 Å². The molecule has 2 aromatic rings. The number of hydrogen-bond donors (Lipinski definition) is 0. The van der Waals surface area contributed by atoms with Gasteiger partial charge >= 0.3 is 0 Å². The number of hydrazone groups is 1. The van der Waals surface area contributed by atoms with Gasteiger partial charge in [0.2, 0.25) is 0 Å². The van der Waals surface area contributed by atoms with Crippen LogP contribution in [0.5, 0.6) is 0 Å². The fraction of sp³-hybridized carbons (Fsp3) is 0.273. The zero-order chi connectivity index (χ0) is 19.7. The molecule has 2 aliphatic rings. The molecule has 0 aliphatic carbocycles. The number of halogens is 1. The number of ether oxygens (including phenoxy) is 1. The van der Waals surface area contributed by atoms with E-state index < -0.39 is 0 Å². The minimum absolute atomic E-state index is 0.144. The maximum absolute atomic E-state index is 12.9. The van der Waals surface area contributed by atoms with Gasteiger partial charge in [0, 0.05) is 23.8 Å². The lowest BCUT2D eigenvalue weighted by atomic mass is 10.1. The molecule has 0 N–H and O–H groups in total. The summed E-state index contributed by atoms with van der Waals surface area (Å²) in [6.45, 7) is 7.10. The van der Waals surface area contributed by atoms with E-state index in [0.29, 0.717) is 22.0 Å². The molecule has 0 atom stereocenters. The summed E-state index contributed by atoms with van der Waals surface area (Å²) in [5, 5.41) is 6.46. The van der Waals surface area contributed by atoms with Gasteiger partial charge < -0.3 is 9.64 Å². The van der Waals surface area contributed by atoms with Gasteiger partial charge in [-0.15, -0.1) is 0 Å². The topological polar surface area (TPSA) is 45.1 Å². The third-order valence-electron chi connectivity index (χ3n) is 5.04. The van der Waals surface area contributed by atoms with Gasteiger partial charge in [-0.3, -0.25) is 4.79 Å². The fourth-order valence-electron chi connectivity index (χ4n) is 3.34. The molecule has 2 heterocycles. The Morgan fingerprint density at radius 3 is 2.39 bits per heavy atom. The summed E-state index contributed by atoms with van der Waals surface area (Å²) in [5.74, 6) is -0.144. The molecule has 1 amide bonds. The van der Waals surface area contributed by atoms with Crippen LogP contribution in [0.3, 0.4) is 0 Å². The third-order valence-corrected chi connectivity index (χ3v) is 5.45. The van der Waals surface area contributed by atoms with E-state index in [-0.39, 0.29) is 5.91 Å². The lowest BCUT2D eigenvalue weighted by molar-refractivity contribution is -0.114. The number of aryl methyl sites for hydroxylation is 1. The van der Waals surface area contributed by atoms with Crippen molar-refractivity contribution in [2.45, 2.75) is 13.8 Å². The number of anilines is 2. The number of morpholine rings is 1. The Morgan fingerprint density at radius 1 is 1.04 bits per heavy atom. The Morgan fingerprint density at radius 2 is 1.71 bits per heavy atom. The summed E-state index contributed by atoms with van der Waals surface area (Å²) in [6.07, 6.45) is 1.89. The molecule has 0 bridgehead atoms. The van der Waals surface area contributed by atoms with Crippen molar-refractivity contribution in [3.63, 3.8) is 0 Å². The first-order valence-electron chi connectivity index (χ1n) is 9.33. The van der Waals surface area contributed by atoms with Crippen molar-refractivity contribution >= 4 is 40.7 Å².